The number of rotatable bonds is 18. The van der Waals surface area contributed by atoms with Gasteiger partial charge in [0, 0.05) is 6.54 Å². The van der Waals surface area contributed by atoms with Gasteiger partial charge in [-0.2, -0.15) is 0 Å². The van der Waals surface area contributed by atoms with E-state index in [2.05, 4.69) is 22.9 Å². The fourth-order valence-electron chi connectivity index (χ4n) is 3.83. The lowest BCUT2D eigenvalue weighted by Gasteiger charge is -2.23. The van der Waals surface area contributed by atoms with Crippen LogP contribution >= 0.6 is 0 Å². The summed E-state index contributed by atoms with van der Waals surface area (Å²) in [5.74, 6) is -0.376. The number of carbonyl (C=O) groups excluding carboxylic acids is 3. The number of hydrogen-bond donors (Lipinski definition) is 3. The third-order valence-electron chi connectivity index (χ3n) is 5.90. The molecule has 198 valence electrons. The van der Waals surface area contributed by atoms with E-state index in [1.807, 2.05) is 51.1 Å². The van der Waals surface area contributed by atoms with Crippen molar-refractivity contribution < 1.29 is 19.1 Å². The van der Waals surface area contributed by atoms with Gasteiger partial charge >= 0.3 is 6.09 Å². The molecule has 0 heterocycles. The van der Waals surface area contributed by atoms with Gasteiger partial charge in [-0.15, -0.1) is 0 Å². The third-order valence-corrected chi connectivity index (χ3v) is 5.90. The molecule has 0 aromatic heterocycles. The molecule has 0 saturated heterocycles. The van der Waals surface area contributed by atoms with Crippen LogP contribution in [0.1, 0.15) is 97.5 Å². The largest absolute Gasteiger partial charge is 0.445 e. The van der Waals surface area contributed by atoms with Crippen LogP contribution in [0.5, 0.6) is 0 Å². The predicted octanol–water partition coefficient (Wildman–Crippen LogP) is 5.48. The summed E-state index contributed by atoms with van der Waals surface area (Å²) in [5, 5.41) is 8.42. The molecule has 0 aliphatic heterocycles. The summed E-state index contributed by atoms with van der Waals surface area (Å²) in [5.41, 5.74) is 0.867. The maximum absolute atomic E-state index is 12.9. The van der Waals surface area contributed by atoms with Crippen LogP contribution in [0, 0.1) is 5.92 Å². The van der Waals surface area contributed by atoms with E-state index in [-0.39, 0.29) is 24.3 Å². The lowest BCUT2D eigenvalue weighted by molar-refractivity contribution is -0.130. The maximum atomic E-state index is 12.9. The van der Waals surface area contributed by atoms with E-state index in [0.717, 1.165) is 18.4 Å². The summed E-state index contributed by atoms with van der Waals surface area (Å²) < 4.78 is 5.27. The van der Waals surface area contributed by atoms with Gasteiger partial charge in [-0.1, -0.05) is 103 Å². The summed E-state index contributed by atoms with van der Waals surface area (Å²) in [6.45, 7) is 8.77. The highest BCUT2D eigenvalue weighted by atomic mass is 16.5. The van der Waals surface area contributed by atoms with Gasteiger partial charge in [0.15, 0.2) is 0 Å². The minimum atomic E-state index is -0.771. The van der Waals surface area contributed by atoms with E-state index in [1.165, 1.54) is 38.5 Å². The Bertz CT molecular complexity index is 724. The summed E-state index contributed by atoms with van der Waals surface area (Å²) in [6, 6.07) is 7.96. The van der Waals surface area contributed by atoms with E-state index in [1.54, 1.807) is 0 Å². The van der Waals surface area contributed by atoms with Gasteiger partial charge in [0.2, 0.25) is 11.8 Å². The Kier molecular flexibility index (Phi) is 16.3. The molecule has 2 atom stereocenters. The molecule has 0 saturated carbocycles. The Hall–Kier alpha value is -2.57. The van der Waals surface area contributed by atoms with Crippen LogP contribution in [-0.4, -0.2) is 36.5 Å². The van der Waals surface area contributed by atoms with E-state index in [0.29, 0.717) is 19.4 Å². The molecule has 1 rings (SSSR count). The highest BCUT2D eigenvalue weighted by Crippen LogP contribution is 2.09. The molecule has 7 heteroatoms. The minimum Gasteiger partial charge on any atom is -0.445 e. The molecular formula is C28H47N3O4. The van der Waals surface area contributed by atoms with Crippen molar-refractivity contribution in [2.24, 2.45) is 5.92 Å². The van der Waals surface area contributed by atoms with Crippen LogP contribution in [0.3, 0.4) is 0 Å². The van der Waals surface area contributed by atoms with Crippen molar-refractivity contribution in [1.82, 2.24) is 16.0 Å². The zero-order valence-corrected chi connectivity index (χ0v) is 22.2. The van der Waals surface area contributed by atoms with Crippen molar-refractivity contribution in [3.8, 4) is 0 Å². The first-order chi connectivity index (χ1) is 16.9. The zero-order chi connectivity index (χ0) is 25.9. The van der Waals surface area contributed by atoms with Crippen LogP contribution < -0.4 is 16.0 Å². The molecule has 0 unspecified atom stereocenters. The number of nitrogens with one attached hydrogen (secondary N) is 3. The molecule has 3 N–H and O–H groups in total. The zero-order valence-electron chi connectivity index (χ0n) is 22.2. The number of hydrogen-bond acceptors (Lipinski definition) is 4. The molecule has 0 spiro atoms. The first kappa shape index (κ1) is 30.5. The van der Waals surface area contributed by atoms with Gasteiger partial charge in [-0.25, -0.2) is 4.79 Å². The van der Waals surface area contributed by atoms with Gasteiger partial charge in [-0.05, 0) is 30.7 Å². The highest BCUT2D eigenvalue weighted by Gasteiger charge is 2.26. The molecule has 0 aliphatic carbocycles. The Morgan fingerprint density at radius 2 is 1.43 bits per heavy atom. The van der Waals surface area contributed by atoms with Gasteiger partial charge in [-0.3, -0.25) is 9.59 Å². The van der Waals surface area contributed by atoms with Crippen LogP contribution in [0.25, 0.3) is 0 Å². The second kappa shape index (κ2) is 18.7. The number of amides is 3. The van der Waals surface area contributed by atoms with Crippen molar-refractivity contribution in [1.29, 1.82) is 0 Å². The molecule has 7 nitrogen and oxygen atoms in total. The number of benzene rings is 1. The van der Waals surface area contributed by atoms with Crippen LogP contribution in [0.4, 0.5) is 4.79 Å². The normalized spacial score (nSPS) is 12.6. The second-order valence-electron chi connectivity index (χ2n) is 9.62. The molecule has 0 aliphatic rings. The van der Waals surface area contributed by atoms with Gasteiger partial charge < -0.3 is 20.7 Å². The minimum absolute atomic E-state index is 0.126. The fraction of sp³-hybridized carbons (Fsp3) is 0.679. The Balaban J connectivity index is 2.44. The van der Waals surface area contributed by atoms with E-state index >= 15 is 0 Å². The monoisotopic (exact) mass is 489 g/mol. The summed E-state index contributed by atoms with van der Waals surface area (Å²) in [6.07, 6.45) is 9.91. The molecular weight excluding hydrogens is 442 g/mol. The fourth-order valence-corrected chi connectivity index (χ4v) is 3.83. The van der Waals surface area contributed by atoms with Crippen molar-refractivity contribution >= 4 is 17.9 Å². The van der Waals surface area contributed by atoms with E-state index in [4.69, 9.17) is 4.74 Å². The van der Waals surface area contributed by atoms with Crippen molar-refractivity contribution in [2.75, 3.05) is 6.54 Å². The molecule has 3 amide bonds. The van der Waals surface area contributed by atoms with Gasteiger partial charge in [0.25, 0.3) is 0 Å². The van der Waals surface area contributed by atoms with E-state index < -0.39 is 18.2 Å². The number of alkyl carbamates (subject to hydrolysis) is 1. The predicted molar refractivity (Wildman–Crippen MR) is 141 cm³/mol. The number of carbonyl (C=O) groups is 3. The topological polar surface area (TPSA) is 96.5 Å². The molecule has 35 heavy (non-hydrogen) atoms. The first-order valence-corrected chi connectivity index (χ1v) is 13.4. The molecule has 1 aromatic carbocycles. The van der Waals surface area contributed by atoms with Crippen LogP contribution in [0.2, 0.25) is 0 Å². The van der Waals surface area contributed by atoms with E-state index in [9.17, 15) is 14.4 Å². The third kappa shape index (κ3) is 14.4. The molecule has 0 radical (unpaired) electrons. The number of ether oxygens (including phenoxy) is 1. The average Bonchev–Trinajstić information content (AvgIpc) is 2.84. The Morgan fingerprint density at radius 1 is 0.800 bits per heavy atom. The molecule has 0 fully saturated rings. The smallest absolute Gasteiger partial charge is 0.408 e. The maximum Gasteiger partial charge on any atom is 0.408 e. The summed E-state index contributed by atoms with van der Waals surface area (Å²) in [7, 11) is 0. The molecule has 1 aromatic rings. The Morgan fingerprint density at radius 3 is 2.03 bits per heavy atom. The van der Waals surface area contributed by atoms with Crippen molar-refractivity contribution in [3.63, 3.8) is 0 Å². The van der Waals surface area contributed by atoms with Crippen LogP contribution in [0.15, 0.2) is 30.3 Å². The van der Waals surface area contributed by atoms with Crippen LogP contribution in [-0.2, 0) is 20.9 Å². The first-order valence-electron chi connectivity index (χ1n) is 13.4. The lowest BCUT2D eigenvalue weighted by Crippen LogP contribution is -2.54. The lowest BCUT2D eigenvalue weighted by atomic mass is 10.0. The second-order valence-corrected chi connectivity index (χ2v) is 9.62. The van der Waals surface area contributed by atoms with Crippen molar-refractivity contribution in [2.45, 2.75) is 111 Å². The number of unbranched alkanes of at least 4 members (excludes halogenated alkanes) is 7. The molecule has 0 bridgehead atoms. The highest BCUT2D eigenvalue weighted by molar-refractivity contribution is 5.91. The van der Waals surface area contributed by atoms with Gasteiger partial charge in [0.05, 0.1) is 0 Å². The quantitative estimate of drug-likeness (QED) is 0.238. The summed E-state index contributed by atoms with van der Waals surface area (Å²) >= 11 is 0. The average molecular weight is 490 g/mol. The summed E-state index contributed by atoms with van der Waals surface area (Å²) in [4.78, 5) is 37.8. The SMILES string of the molecule is CCCCCCCCCCNC(=O)[C@H](CC)NC(=O)[C@H](CC(C)C)NC(=O)OCc1ccccc1. The van der Waals surface area contributed by atoms with Crippen molar-refractivity contribution in [3.05, 3.63) is 35.9 Å². The van der Waals surface area contributed by atoms with Gasteiger partial charge in [0.1, 0.15) is 18.7 Å². The standard InChI is InChI=1S/C28H47N3O4/c1-5-7-8-9-10-11-12-16-19-29-26(32)24(6-2)30-27(33)25(20-22(3)4)31-28(34)35-21-23-17-14-13-15-18-23/h13-15,17-18,22,24-25H,5-12,16,19-21H2,1-4H3,(H,29,32)(H,30,33)(H,31,34)/t24-,25-/m0/s1. The Labute approximate surface area is 212 Å².